The Morgan fingerprint density at radius 3 is 2.79 bits per heavy atom. The number of benzene rings is 1. The standard InChI is InChI=1S/C19H25N5O4S/c1-4-12(2)17(19(25)20-11-7-10-16-21-13(3)23-28-16)22-18-14-8-5-6-9-15(14)29(26,27)24-18/h5-6,8-9,12,17H,4,7,10-11H2,1-3H3,(H,20,25)(H,22,24)/t12-,17-/m0/s1. The lowest BCUT2D eigenvalue weighted by Crippen LogP contribution is -2.39. The quantitative estimate of drug-likeness (QED) is 0.626. The van der Waals surface area contributed by atoms with Crippen molar-refractivity contribution in [2.45, 2.75) is 51.0 Å². The first-order valence-corrected chi connectivity index (χ1v) is 11.1. The molecule has 2 aromatic rings. The van der Waals surface area contributed by atoms with Crippen LogP contribution in [0.2, 0.25) is 0 Å². The number of hydrogen-bond donors (Lipinski definition) is 2. The Balaban J connectivity index is 1.70. The highest BCUT2D eigenvalue weighted by atomic mass is 32.2. The van der Waals surface area contributed by atoms with Crippen molar-refractivity contribution in [1.82, 2.24) is 20.2 Å². The minimum absolute atomic E-state index is 0.0571. The van der Waals surface area contributed by atoms with E-state index in [1.54, 1.807) is 25.1 Å². The Kier molecular flexibility index (Phi) is 6.31. The molecule has 0 saturated carbocycles. The summed E-state index contributed by atoms with van der Waals surface area (Å²) in [5.74, 6) is 1.03. The molecule has 3 rings (SSSR count). The summed E-state index contributed by atoms with van der Waals surface area (Å²) in [6, 6.07) is 5.91. The van der Waals surface area contributed by atoms with Gasteiger partial charge in [0.1, 0.15) is 11.9 Å². The average molecular weight is 420 g/mol. The van der Waals surface area contributed by atoms with Crippen LogP contribution in [0.3, 0.4) is 0 Å². The normalized spacial score (nSPS) is 18.1. The third-order valence-electron chi connectivity index (χ3n) is 4.82. The number of sulfonamides is 1. The van der Waals surface area contributed by atoms with Gasteiger partial charge in [-0.2, -0.15) is 4.98 Å². The lowest BCUT2D eigenvalue weighted by atomic mass is 9.98. The second-order valence-corrected chi connectivity index (χ2v) is 8.69. The first-order chi connectivity index (χ1) is 13.8. The van der Waals surface area contributed by atoms with Crippen molar-refractivity contribution >= 4 is 21.8 Å². The van der Waals surface area contributed by atoms with Crippen LogP contribution in [-0.2, 0) is 21.2 Å². The molecule has 0 aliphatic carbocycles. The SMILES string of the molecule is CC[C@H](C)[C@H](N=C1NS(=O)(=O)c2ccccc21)C(=O)NCCCc1nc(C)no1. The number of aromatic nitrogens is 2. The number of amides is 1. The van der Waals surface area contributed by atoms with E-state index < -0.39 is 16.1 Å². The highest BCUT2D eigenvalue weighted by Crippen LogP contribution is 2.24. The number of nitrogens with zero attached hydrogens (tertiary/aromatic N) is 3. The first kappa shape index (κ1) is 21.0. The predicted molar refractivity (Wildman–Crippen MR) is 107 cm³/mol. The van der Waals surface area contributed by atoms with E-state index in [0.717, 1.165) is 6.42 Å². The van der Waals surface area contributed by atoms with Gasteiger partial charge < -0.3 is 9.84 Å². The Bertz CT molecular complexity index is 1020. The van der Waals surface area contributed by atoms with Crippen molar-refractivity contribution in [3.8, 4) is 0 Å². The van der Waals surface area contributed by atoms with Gasteiger partial charge in [-0.15, -0.1) is 0 Å². The van der Waals surface area contributed by atoms with Crippen LogP contribution in [-0.4, -0.2) is 42.9 Å². The van der Waals surface area contributed by atoms with Crippen molar-refractivity contribution in [3.05, 3.63) is 41.5 Å². The van der Waals surface area contributed by atoms with E-state index in [2.05, 4.69) is 25.2 Å². The van der Waals surface area contributed by atoms with Crippen molar-refractivity contribution in [1.29, 1.82) is 0 Å². The van der Waals surface area contributed by atoms with E-state index >= 15 is 0 Å². The fraction of sp³-hybridized carbons (Fsp3) is 0.474. The summed E-state index contributed by atoms with van der Waals surface area (Å²) < 4.78 is 32.1. The van der Waals surface area contributed by atoms with Gasteiger partial charge >= 0.3 is 0 Å². The Hall–Kier alpha value is -2.75. The summed E-state index contributed by atoms with van der Waals surface area (Å²) in [6.07, 6.45) is 1.94. The molecule has 156 valence electrons. The molecule has 29 heavy (non-hydrogen) atoms. The second-order valence-electron chi connectivity index (χ2n) is 7.04. The number of aliphatic imine (C=N–C) groups is 1. The number of rotatable bonds is 8. The maximum absolute atomic E-state index is 12.8. The zero-order valence-corrected chi connectivity index (χ0v) is 17.5. The lowest BCUT2D eigenvalue weighted by molar-refractivity contribution is -0.123. The monoisotopic (exact) mass is 419 g/mol. The Morgan fingerprint density at radius 2 is 2.10 bits per heavy atom. The predicted octanol–water partition coefficient (Wildman–Crippen LogP) is 1.58. The van der Waals surface area contributed by atoms with Gasteiger partial charge in [0.05, 0.1) is 4.90 Å². The van der Waals surface area contributed by atoms with Crippen LogP contribution >= 0.6 is 0 Å². The molecule has 0 saturated heterocycles. The Morgan fingerprint density at radius 1 is 1.34 bits per heavy atom. The molecule has 10 heteroatoms. The molecule has 2 heterocycles. The lowest BCUT2D eigenvalue weighted by Gasteiger charge is -2.19. The largest absolute Gasteiger partial charge is 0.354 e. The average Bonchev–Trinajstić information content (AvgIpc) is 3.23. The highest BCUT2D eigenvalue weighted by Gasteiger charge is 2.33. The molecule has 2 atom stereocenters. The summed E-state index contributed by atoms with van der Waals surface area (Å²) in [5, 5.41) is 6.61. The van der Waals surface area contributed by atoms with Crippen molar-refractivity contribution in [3.63, 3.8) is 0 Å². The van der Waals surface area contributed by atoms with Crippen LogP contribution in [0.4, 0.5) is 0 Å². The molecule has 9 nitrogen and oxygen atoms in total. The zero-order valence-electron chi connectivity index (χ0n) is 16.7. The minimum Gasteiger partial charge on any atom is -0.354 e. The number of amidine groups is 1. The van der Waals surface area contributed by atoms with Crippen LogP contribution in [0.1, 0.15) is 44.0 Å². The van der Waals surface area contributed by atoms with E-state index in [4.69, 9.17) is 4.52 Å². The smallest absolute Gasteiger partial charge is 0.263 e. The number of hydrogen-bond acceptors (Lipinski definition) is 7. The van der Waals surface area contributed by atoms with Crippen LogP contribution < -0.4 is 10.0 Å². The van der Waals surface area contributed by atoms with Crippen molar-refractivity contribution < 1.29 is 17.7 Å². The number of nitrogens with one attached hydrogen (secondary N) is 2. The van der Waals surface area contributed by atoms with E-state index in [1.807, 2.05) is 13.8 Å². The molecule has 2 N–H and O–H groups in total. The maximum Gasteiger partial charge on any atom is 0.263 e. The third kappa shape index (κ3) is 4.81. The highest BCUT2D eigenvalue weighted by molar-refractivity contribution is 7.90. The number of aryl methyl sites for hydroxylation is 2. The molecule has 1 aliphatic rings. The molecule has 0 bridgehead atoms. The van der Waals surface area contributed by atoms with Crippen LogP contribution in [0.15, 0.2) is 38.7 Å². The molecular formula is C19H25N5O4S. The van der Waals surface area contributed by atoms with Crippen molar-refractivity contribution in [2.24, 2.45) is 10.9 Å². The van der Waals surface area contributed by atoms with Gasteiger partial charge in [0, 0.05) is 18.5 Å². The minimum atomic E-state index is -3.64. The van der Waals surface area contributed by atoms with Crippen LogP contribution in [0.25, 0.3) is 0 Å². The van der Waals surface area contributed by atoms with E-state index in [-0.39, 0.29) is 22.6 Å². The second kappa shape index (κ2) is 8.73. The van der Waals surface area contributed by atoms with E-state index in [0.29, 0.717) is 36.7 Å². The number of carbonyl (C=O) groups excluding carboxylic acids is 1. The number of fused-ring (bicyclic) bond motifs is 1. The van der Waals surface area contributed by atoms with Gasteiger partial charge in [-0.1, -0.05) is 37.6 Å². The summed E-state index contributed by atoms with van der Waals surface area (Å²) >= 11 is 0. The molecule has 0 fully saturated rings. The Labute approximate surface area is 170 Å². The molecule has 1 aliphatic heterocycles. The zero-order chi connectivity index (χ0) is 21.0. The van der Waals surface area contributed by atoms with Gasteiger partial charge in [0.15, 0.2) is 5.82 Å². The fourth-order valence-electron chi connectivity index (χ4n) is 3.03. The van der Waals surface area contributed by atoms with Crippen LogP contribution in [0, 0.1) is 12.8 Å². The first-order valence-electron chi connectivity index (χ1n) is 9.58. The molecular weight excluding hydrogens is 394 g/mol. The molecule has 1 aromatic heterocycles. The number of carbonyl (C=O) groups is 1. The molecule has 0 unspecified atom stereocenters. The van der Waals surface area contributed by atoms with E-state index in [1.165, 1.54) is 6.07 Å². The summed E-state index contributed by atoms with van der Waals surface area (Å²) in [5.41, 5.74) is 0.486. The topological polar surface area (TPSA) is 127 Å². The molecule has 0 spiro atoms. The fourth-order valence-corrected chi connectivity index (χ4v) is 4.27. The summed E-state index contributed by atoms with van der Waals surface area (Å²) in [6.45, 7) is 6.07. The molecule has 1 aromatic carbocycles. The molecule has 0 radical (unpaired) electrons. The maximum atomic E-state index is 12.8. The van der Waals surface area contributed by atoms with Crippen LogP contribution in [0.5, 0.6) is 0 Å². The summed E-state index contributed by atoms with van der Waals surface area (Å²) in [4.78, 5) is 21.6. The summed E-state index contributed by atoms with van der Waals surface area (Å²) in [7, 11) is -3.64. The van der Waals surface area contributed by atoms with Gasteiger partial charge in [-0.05, 0) is 31.4 Å². The van der Waals surface area contributed by atoms with Gasteiger partial charge in [-0.3, -0.25) is 14.5 Å². The third-order valence-corrected chi connectivity index (χ3v) is 6.22. The van der Waals surface area contributed by atoms with Gasteiger partial charge in [0.25, 0.3) is 10.0 Å². The van der Waals surface area contributed by atoms with E-state index in [9.17, 15) is 13.2 Å². The van der Waals surface area contributed by atoms with Crippen molar-refractivity contribution in [2.75, 3.05) is 6.54 Å². The van der Waals surface area contributed by atoms with Gasteiger partial charge in [0.2, 0.25) is 11.8 Å². The van der Waals surface area contributed by atoms with Gasteiger partial charge in [-0.25, -0.2) is 8.42 Å². The molecule has 1 amide bonds.